The Labute approximate surface area is 139 Å². The van der Waals surface area contributed by atoms with Gasteiger partial charge in [-0.2, -0.15) is 0 Å². The molecule has 24 heavy (non-hydrogen) atoms. The summed E-state index contributed by atoms with van der Waals surface area (Å²) >= 11 is 0. The van der Waals surface area contributed by atoms with Crippen molar-refractivity contribution in [1.82, 2.24) is 10.6 Å². The van der Waals surface area contributed by atoms with Crippen molar-refractivity contribution in [2.45, 2.75) is 39.1 Å². The quantitative estimate of drug-likeness (QED) is 0.833. The summed E-state index contributed by atoms with van der Waals surface area (Å²) in [5.41, 5.74) is 0.301. The highest BCUT2D eigenvalue weighted by Gasteiger charge is 2.32. The highest BCUT2D eigenvalue weighted by molar-refractivity contribution is 5.76. The molecule has 4 nitrogen and oxygen atoms in total. The van der Waals surface area contributed by atoms with E-state index in [9.17, 15) is 18.0 Å². The summed E-state index contributed by atoms with van der Waals surface area (Å²) in [6, 6.07) is 5.83. The van der Waals surface area contributed by atoms with Gasteiger partial charge in [0.1, 0.15) is 5.75 Å². The molecule has 0 aliphatic carbocycles. The number of carbonyl (C=O) groups excluding carboxylic acids is 1. The monoisotopic (exact) mass is 344 g/mol. The molecule has 1 amide bonds. The van der Waals surface area contributed by atoms with Crippen molar-refractivity contribution < 1.29 is 22.7 Å². The van der Waals surface area contributed by atoms with Gasteiger partial charge in [0.15, 0.2) is 0 Å². The minimum absolute atomic E-state index is 0.0146. The van der Waals surface area contributed by atoms with E-state index in [1.807, 2.05) is 6.92 Å². The number of para-hydroxylation sites is 1. The Morgan fingerprint density at radius 2 is 2.17 bits per heavy atom. The molecular formula is C17H23F3N2O2. The van der Waals surface area contributed by atoms with Gasteiger partial charge in [-0.15, -0.1) is 13.2 Å². The van der Waals surface area contributed by atoms with Gasteiger partial charge < -0.3 is 15.4 Å². The number of halogens is 3. The highest BCUT2D eigenvalue weighted by Crippen LogP contribution is 2.26. The summed E-state index contributed by atoms with van der Waals surface area (Å²) in [6.45, 7) is 3.99. The van der Waals surface area contributed by atoms with Gasteiger partial charge in [0.25, 0.3) is 0 Å². The molecule has 1 saturated heterocycles. The molecule has 0 spiro atoms. The minimum atomic E-state index is -4.75. The summed E-state index contributed by atoms with van der Waals surface area (Å²) in [4.78, 5) is 12.1. The zero-order chi connectivity index (χ0) is 17.6. The first-order valence-electron chi connectivity index (χ1n) is 8.16. The van der Waals surface area contributed by atoms with E-state index in [-0.39, 0.29) is 24.1 Å². The Bertz CT molecular complexity index is 543. The van der Waals surface area contributed by atoms with Crippen molar-refractivity contribution >= 4 is 5.91 Å². The predicted molar refractivity (Wildman–Crippen MR) is 84.3 cm³/mol. The van der Waals surface area contributed by atoms with E-state index in [1.54, 1.807) is 6.07 Å². The van der Waals surface area contributed by atoms with Crippen molar-refractivity contribution in [3.05, 3.63) is 29.8 Å². The van der Waals surface area contributed by atoms with Crippen LogP contribution in [0.3, 0.4) is 0 Å². The van der Waals surface area contributed by atoms with E-state index >= 15 is 0 Å². The lowest BCUT2D eigenvalue weighted by Crippen LogP contribution is -2.35. The first-order valence-corrected chi connectivity index (χ1v) is 8.16. The average Bonchev–Trinajstić information content (AvgIpc) is 2.53. The summed E-state index contributed by atoms with van der Waals surface area (Å²) in [7, 11) is 0. The number of alkyl halides is 3. The maximum atomic E-state index is 12.4. The van der Waals surface area contributed by atoms with E-state index in [0.29, 0.717) is 17.9 Å². The summed E-state index contributed by atoms with van der Waals surface area (Å²) < 4.78 is 41.1. The van der Waals surface area contributed by atoms with E-state index in [4.69, 9.17) is 0 Å². The number of hydrogen-bond acceptors (Lipinski definition) is 3. The first-order chi connectivity index (χ1) is 11.3. The molecule has 1 aromatic rings. The van der Waals surface area contributed by atoms with Gasteiger partial charge in [0, 0.05) is 18.5 Å². The van der Waals surface area contributed by atoms with Crippen LogP contribution in [0.2, 0.25) is 0 Å². The van der Waals surface area contributed by atoms with Gasteiger partial charge in [0.2, 0.25) is 5.91 Å². The van der Waals surface area contributed by atoms with E-state index < -0.39 is 6.36 Å². The van der Waals surface area contributed by atoms with Gasteiger partial charge >= 0.3 is 6.36 Å². The predicted octanol–water partition coefficient (Wildman–Crippen LogP) is 3.23. The average molecular weight is 344 g/mol. The second kappa shape index (κ2) is 8.37. The number of ether oxygens (including phenoxy) is 1. The fourth-order valence-corrected chi connectivity index (χ4v) is 2.96. The molecular weight excluding hydrogens is 321 g/mol. The van der Waals surface area contributed by atoms with Crippen LogP contribution >= 0.6 is 0 Å². The van der Waals surface area contributed by atoms with Crippen LogP contribution in [0.15, 0.2) is 24.3 Å². The lowest BCUT2D eigenvalue weighted by molar-refractivity contribution is -0.274. The third-order valence-corrected chi connectivity index (χ3v) is 4.32. The van der Waals surface area contributed by atoms with Crippen molar-refractivity contribution in [3.63, 3.8) is 0 Å². The van der Waals surface area contributed by atoms with Crippen LogP contribution < -0.4 is 15.4 Å². The second-order valence-corrected chi connectivity index (χ2v) is 6.22. The molecule has 2 rings (SSSR count). The number of carbonyl (C=O) groups is 1. The van der Waals surface area contributed by atoms with Crippen LogP contribution in [-0.2, 0) is 11.3 Å². The van der Waals surface area contributed by atoms with Crippen molar-refractivity contribution in [3.8, 4) is 5.75 Å². The van der Waals surface area contributed by atoms with Crippen molar-refractivity contribution in [2.75, 3.05) is 13.1 Å². The van der Waals surface area contributed by atoms with Crippen LogP contribution in [0.5, 0.6) is 5.75 Å². The van der Waals surface area contributed by atoms with Gasteiger partial charge in [-0.05, 0) is 43.8 Å². The topological polar surface area (TPSA) is 50.4 Å². The third-order valence-electron chi connectivity index (χ3n) is 4.32. The molecule has 0 bridgehead atoms. The Kier molecular flexibility index (Phi) is 6.48. The minimum Gasteiger partial charge on any atom is -0.405 e. The Morgan fingerprint density at radius 1 is 1.42 bits per heavy atom. The second-order valence-electron chi connectivity index (χ2n) is 6.22. The SMILES string of the molecule is CC(CC(=O)NCc1ccccc1OC(F)(F)F)C1CCCNC1. The first kappa shape index (κ1) is 18.6. The summed E-state index contributed by atoms with van der Waals surface area (Å²) in [5, 5.41) is 6.01. The Hall–Kier alpha value is -1.76. The fraction of sp³-hybridized carbons (Fsp3) is 0.588. The molecule has 7 heteroatoms. The van der Waals surface area contributed by atoms with Crippen molar-refractivity contribution in [2.24, 2.45) is 11.8 Å². The number of nitrogens with one attached hydrogen (secondary N) is 2. The van der Waals surface area contributed by atoms with Gasteiger partial charge in [-0.3, -0.25) is 4.79 Å². The molecule has 0 aromatic heterocycles. The fourth-order valence-electron chi connectivity index (χ4n) is 2.96. The largest absolute Gasteiger partial charge is 0.573 e. The normalized spacial score (nSPS) is 19.6. The summed E-state index contributed by atoms with van der Waals surface area (Å²) in [5.74, 6) is 0.259. The maximum Gasteiger partial charge on any atom is 0.573 e. The molecule has 1 fully saturated rings. The van der Waals surface area contributed by atoms with Gasteiger partial charge in [0.05, 0.1) is 0 Å². The molecule has 0 radical (unpaired) electrons. The number of piperidine rings is 1. The summed E-state index contributed by atoms with van der Waals surface area (Å²) in [6.07, 6.45) is -2.17. The van der Waals surface area contributed by atoms with Crippen LogP contribution in [0.25, 0.3) is 0 Å². The lowest BCUT2D eigenvalue weighted by Gasteiger charge is -2.28. The van der Waals surface area contributed by atoms with Crippen LogP contribution in [0.1, 0.15) is 31.7 Å². The molecule has 2 N–H and O–H groups in total. The zero-order valence-corrected chi connectivity index (χ0v) is 13.7. The molecule has 2 unspecified atom stereocenters. The Morgan fingerprint density at radius 3 is 2.83 bits per heavy atom. The van der Waals surface area contributed by atoms with Gasteiger partial charge in [-0.1, -0.05) is 25.1 Å². The number of benzene rings is 1. The molecule has 1 heterocycles. The van der Waals surface area contributed by atoms with Crippen LogP contribution in [0, 0.1) is 11.8 Å². The lowest BCUT2D eigenvalue weighted by atomic mass is 9.85. The van der Waals surface area contributed by atoms with Gasteiger partial charge in [-0.25, -0.2) is 0 Å². The van der Waals surface area contributed by atoms with E-state index in [0.717, 1.165) is 25.9 Å². The molecule has 1 aliphatic heterocycles. The maximum absolute atomic E-state index is 12.4. The standard InChI is InChI=1S/C17H23F3N2O2/c1-12(13-6-4-8-21-10-13)9-16(23)22-11-14-5-2-3-7-15(14)24-17(18,19)20/h2-3,5,7,12-13,21H,4,6,8-11H2,1H3,(H,22,23). The molecule has 134 valence electrons. The van der Waals surface area contributed by atoms with Crippen LogP contribution in [-0.4, -0.2) is 25.4 Å². The number of hydrogen-bond donors (Lipinski definition) is 2. The van der Waals surface area contributed by atoms with E-state index in [1.165, 1.54) is 18.2 Å². The molecule has 2 atom stereocenters. The smallest absolute Gasteiger partial charge is 0.405 e. The number of rotatable bonds is 6. The highest BCUT2D eigenvalue weighted by atomic mass is 19.4. The zero-order valence-electron chi connectivity index (χ0n) is 13.7. The molecule has 0 saturated carbocycles. The molecule has 1 aromatic carbocycles. The van der Waals surface area contributed by atoms with Crippen molar-refractivity contribution in [1.29, 1.82) is 0 Å². The Balaban J connectivity index is 1.85. The third kappa shape index (κ3) is 6.03. The molecule has 1 aliphatic rings. The number of amides is 1. The van der Waals surface area contributed by atoms with E-state index in [2.05, 4.69) is 15.4 Å². The van der Waals surface area contributed by atoms with Crippen LogP contribution in [0.4, 0.5) is 13.2 Å².